The van der Waals surface area contributed by atoms with Gasteiger partial charge < -0.3 is 19.2 Å². The third kappa shape index (κ3) is 5.34. The molecule has 0 radical (unpaired) electrons. The van der Waals surface area contributed by atoms with E-state index in [4.69, 9.17) is 13.9 Å². The Morgan fingerprint density at radius 3 is 2.47 bits per heavy atom. The van der Waals surface area contributed by atoms with Gasteiger partial charge in [-0.05, 0) is 38.8 Å². The molecule has 0 atom stereocenters. The molecule has 1 aliphatic heterocycles. The van der Waals surface area contributed by atoms with E-state index in [1.807, 2.05) is 0 Å². The first-order chi connectivity index (χ1) is 15.3. The van der Waals surface area contributed by atoms with Gasteiger partial charge in [-0.1, -0.05) is 0 Å². The predicted molar refractivity (Wildman–Crippen MR) is 113 cm³/mol. The Morgan fingerprint density at radius 1 is 1.16 bits per heavy atom. The molecule has 2 aromatic heterocycles. The number of esters is 2. The molecule has 32 heavy (non-hydrogen) atoms. The number of thiazole rings is 1. The number of carbonyl (C=O) groups excluding carboxylic acids is 3. The number of aromatic nitrogens is 1. The number of amides is 1. The van der Waals surface area contributed by atoms with Gasteiger partial charge in [0.25, 0.3) is 10.0 Å². The van der Waals surface area contributed by atoms with Crippen LogP contribution in [0.15, 0.2) is 27.0 Å². The molecule has 174 valence electrons. The van der Waals surface area contributed by atoms with E-state index in [2.05, 4.69) is 10.3 Å². The van der Waals surface area contributed by atoms with E-state index in [9.17, 15) is 22.8 Å². The summed E-state index contributed by atoms with van der Waals surface area (Å²) < 4.78 is 41.7. The molecule has 1 amide bonds. The summed E-state index contributed by atoms with van der Waals surface area (Å²) in [5, 5.41) is 4.09. The van der Waals surface area contributed by atoms with E-state index in [0.29, 0.717) is 12.8 Å². The monoisotopic (exact) mass is 485 g/mol. The van der Waals surface area contributed by atoms with Crippen LogP contribution >= 0.6 is 11.3 Å². The van der Waals surface area contributed by atoms with Gasteiger partial charge in [-0.25, -0.2) is 23.0 Å². The number of hydrogen-bond acceptors (Lipinski definition) is 10. The molecule has 3 heterocycles. The normalized spacial score (nSPS) is 15.3. The predicted octanol–water partition coefficient (Wildman–Crippen LogP) is 2.13. The fourth-order valence-electron chi connectivity index (χ4n) is 3.09. The molecule has 11 nitrogen and oxygen atoms in total. The highest BCUT2D eigenvalue weighted by Gasteiger charge is 2.34. The topological polar surface area (TPSA) is 145 Å². The molecule has 0 saturated carbocycles. The van der Waals surface area contributed by atoms with Gasteiger partial charge in [0.15, 0.2) is 10.8 Å². The molecule has 2 aromatic rings. The summed E-state index contributed by atoms with van der Waals surface area (Å²) in [7, 11) is -3.94. The van der Waals surface area contributed by atoms with Crippen LogP contribution in [0.25, 0.3) is 0 Å². The average molecular weight is 486 g/mol. The summed E-state index contributed by atoms with van der Waals surface area (Å²) in [4.78, 5) is 40.0. The van der Waals surface area contributed by atoms with Crippen molar-refractivity contribution in [2.75, 3.05) is 31.6 Å². The molecule has 13 heteroatoms. The van der Waals surface area contributed by atoms with E-state index in [-0.39, 0.29) is 53.9 Å². The van der Waals surface area contributed by atoms with Crippen LogP contribution in [0.4, 0.5) is 5.13 Å². The quantitative estimate of drug-likeness (QED) is 0.556. The van der Waals surface area contributed by atoms with Gasteiger partial charge in [-0.15, -0.1) is 11.3 Å². The van der Waals surface area contributed by atoms with Gasteiger partial charge in [0.05, 0.1) is 13.2 Å². The minimum atomic E-state index is -3.94. The number of rotatable bonds is 8. The Bertz CT molecular complexity index is 1080. The first kappa shape index (κ1) is 23.9. The van der Waals surface area contributed by atoms with Crippen molar-refractivity contribution >= 4 is 44.3 Å². The van der Waals surface area contributed by atoms with Crippen molar-refractivity contribution in [1.29, 1.82) is 0 Å². The maximum atomic E-state index is 12.8. The number of piperidine rings is 1. The number of carbonyl (C=O) groups is 3. The fraction of sp³-hybridized carbons (Fsp3) is 0.474. The summed E-state index contributed by atoms with van der Waals surface area (Å²) in [6, 6.07) is 2.47. The van der Waals surface area contributed by atoms with Gasteiger partial charge >= 0.3 is 11.9 Å². The number of anilines is 1. The minimum Gasteiger partial charge on any atom is -0.461 e. The Morgan fingerprint density at radius 2 is 1.81 bits per heavy atom. The molecular weight excluding hydrogens is 462 g/mol. The molecule has 0 spiro atoms. The van der Waals surface area contributed by atoms with Crippen LogP contribution in [0.5, 0.6) is 0 Å². The van der Waals surface area contributed by atoms with Gasteiger partial charge in [0.1, 0.15) is 0 Å². The highest BCUT2D eigenvalue weighted by molar-refractivity contribution is 7.89. The number of furan rings is 1. The minimum absolute atomic E-state index is 0.113. The second-order valence-electron chi connectivity index (χ2n) is 6.77. The standard InChI is InChI=1S/C19H23N3O8S2/c1-3-28-17(24)13-11-31-19(20-13)21-16(23)12-7-9-22(10-8-12)32(26,27)15-6-5-14(30-15)18(25)29-4-2/h5-6,11-12H,3-4,7-10H2,1-2H3,(H,20,21,23). The zero-order valence-electron chi connectivity index (χ0n) is 17.5. The summed E-state index contributed by atoms with van der Waals surface area (Å²) in [5.41, 5.74) is 0.119. The third-order valence-electron chi connectivity index (χ3n) is 4.70. The SMILES string of the molecule is CCOC(=O)c1csc(NC(=O)C2CCN(S(=O)(=O)c3ccc(C(=O)OCC)o3)CC2)n1. The van der Waals surface area contributed by atoms with E-state index < -0.39 is 27.9 Å². The Kier molecular flexibility index (Phi) is 7.64. The van der Waals surface area contributed by atoms with Crippen molar-refractivity contribution in [1.82, 2.24) is 9.29 Å². The van der Waals surface area contributed by atoms with Crippen LogP contribution in [0.2, 0.25) is 0 Å². The van der Waals surface area contributed by atoms with Crippen molar-refractivity contribution < 1.29 is 36.7 Å². The molecule has 0 aliphatic carbocycles. The molecule has 0 bridgehead atoms. The first-order valence-electron chi connectivity index (χ1n) is 9.96. The maximum absolute atomic E-state index is 12.8. The van der Waals surface area contributed by atoms with Crippen molar-refractivity contribution in [3.05, 3.63) is 29.0 Å². The number of ether oxygens (including phenoxy) is 2. The smallest absolute Gasteiger partial charge is 0.374 e. The zero-order chi connectivity index (χ0) is 23.3. The van der Waals surface area contributed by atoms with Crippen molar-refractivity contribution in [3.8, 4) is 0 Å². The largest absolute Gasteiger partial charge is 0.461 e. The van der Waals surface area contributed by atoms with Crippen LogP contribution in [0.1, 0.15) is 47.7 Å². The lowest BCUT2D eigenvalue weighted by Gasteiger charge is -2.29. The molecule has 1 saturated heterocycles. The van der Waals surface area contributed by atoms with E-state index >= 15 is 0 Å². The highest BCUT2D eigenvalue weighted by atomic mass is 32.2. The van der Waals surface area contributed by atoms with Crippen molar-refractivity contribution in [2.24, 2.45) is 5.92 Å². The van der Waals surface area contributed by atoms with Gasteiger partial charge in [0.2, 0.25) is 16.8 Å². The first-order valence-corrected chi connectivity index (χ1v) is 12.3. The van der Waals surface area contributed by atoms with Crippen LogP contribution < -0.4 is 5.32 Å². The lowest BCUT2D eigenvalue weighted by Crippen LogP contribution is -2.41. The average Bonchev–Trinajstić information content (AvgIpc) is 3.45. The summed E-state index contributed by atoms with van der Waals surface area (Å²) in [6.45, 7) is 3.91. The van der Waals surface area contributed by atoms with Gasteiger partial charge in [-0.3, -0.25) is 4.79 Å². The van der Waals surface area contributed by atoms with Crippen molar-refractivity contribution in [3.63, 3.8) is 0 Å². The van der Waals surface area contributed by atoms with E-state index in [1.165, 1.54) is 21.8 Å². The summed E-state index contributed by atoms with van der Waals surface area (Å²) >= 11 is 1.11. The lowest BCUT2D eigenvalue weighted by atomic mass is 9.97. The van der Waals surface area contributed by atoms with Crippen LogP contribution in [-0.2, 0) is 24.3 Å². The number of nitrogens with zero attached hydrogens (tertiary/aromatic N) is 2. The molecule has 1 fully saturated rings. The summed E-state index contributed by atoms with van der Waals surface area (Å²) in [6.07, 6.45) is 0.596. The molecule has 1 aliphatic rings. The maximum Gasteiger partial charge on any atom is 0.374 e. The number of nitrogens with one attached hydrogen (secondary N) is 1. The molecule has 0 aromatic carbocycles. The molecule has 0 unspecified atom stereocenters. The number of hydrogen-bond donors (Lipinski definition) is 1. The highest BCUT2D eigenvalue weighted by Crippen LogP contribution is 2.27. The van der Waals surface area contributed by atoms with E-state index in [1.54, 1.807) is 13.8 Å². The second kappa shape index (κ2) is 10.2. The number of sulfonamides is 1. The fourth-order valence-corrected chi connectivity index (χ4v) is 5.16. The van der Waals surface area contributed by atoms with Crippen molar-refractivity contribution in [2.45, 2.75) is 31.8 Å². The molecular formula is C19H23N3O8S2. The van der Waals surface area contributed by atoms with Crippen LogP contribution in [0, 0.1) is 5.92 Å². The second-order valence-corrected chi connectivity index (χ2v) is 9.49. The molecule has 3 rings (SSSR count). The van der Waals surface area contributed by atoms with E-state index in [0.717, 1.165) is 11.3 Å². The van der Waals surface area contributed by atoms with Gasteiger partial charge in [0, 0.05) is 24.4 Å². The Hall–Kier alpha value is -2.77. The Labute approximate surface area is 188 Å². The zero-order valence-corrected chi connectivity index (χ0v) is 19.2. The van der Waals surface area contributed by atoms with Crippen LogP contribution in [-0.4, -0.2) is 61.9 Å². The lowest BCUT2D eigenvalue weighted by molar-refractivity contribution is -0.120. The van der Waals surface area contributed by atoms with Crippen LogP contribution in [0.3, 0.4) is 0 Å². The Balaban J connectivity index is 1.57. The summed E-state index contributed by atoms with van der Waals surface area (Å²) in [5.74, 6) is -2.20. The molecule has 1 N–H and O–H groups in total. The van der Waals surface area contributed by atoms with Gasteiger partial charge in [-0.2, -0.15) is 4.31 Å². The third-order valence-corrected chi connectivity index (χ3v) is 7.23.